The van der Waals surface area contributed by atoms with Crippen LogP contribution < -0.4 is 5.32 Å². The van der Waals surface area contributed by atoms with Crippen LogP contribution in [0, 0.1) is 5.92 Å². The lowest BCUT2D eigenvalue weighted by atomic mass is 9.80. The summed E-state index contributed by atoms with van der Waals surface area (Å²) >= 11 is 0. The number of nitrogens with one attached hydrogen (secondary N) is 1. The van der Waals surface area contributed by atoms with Crippen LogP contribution in [0.5, 0.6) is 0 Å². The summed E-state index contributed by atoms with van der Waals surface area (Å²) in [5.74, 6) is 0.959. The van der Waals surface area contributed by atoms with Crippen molar-refractivity contribution < 1.29 is 0 Å². The molecule has 2 heteroatoms. The maximum atomic E-state index is 3.89. The fourth-order valence-corrected chi connectivity index (χ4v) is 3.89. The van der Waals surface area contributed by atoms with Crippen molar-refractivity contribution in [2.75, 3.05) is 19.6 Å². The van der Waals surface area contributed by atoms with Crippen LogP contribution in [0.4, 0.5) is 0 Å². The minimum atomic E-state index is 0.0873. The van der Waals surface area contributed by atoms with E-state index in [1.807, 2.05) is 0 Å². The van der Waals surface area contributed by atoms with E-state index in [0.29, 0.717) is 5.54 Å². The molecule has 1 aromatic carbocycles. The van der Waals surface area contributed by atoms with E-state index in [1.54, 1.807) is 0 Å². The SMILES string of the molecule is CCC1(CC)CNC(C)(c2ccccc2)CN1CC1CC1. The summed E-state index contributed by atoms with van der Waals surface area (Å²) in [5, 5.41) is 3.89. The van der Waals surface area contributed by atoms with Crippen LogP contribution in [0.2, 0.25) is 0 Å². The topological polar surface area (TPSA) is 15.3 Å². The van der Waals surface area contributed by atoms with E-state index in [1.165, 1.54) is 37.8 Å². The van der Waals surface area contributed by atoms with Crippen LogP contribution in [0.1, 0.15) is 52.0 Å². The summed E-state index contributed by atoms with van der Waals surface area (Å²) in [6, 6.07) is 11.0. The predicted molar refractivity (Wildman–Crippen MR) is 89.4 cm³/mol. The number of benzene rings is 1. The molecule has 1 aromatic rings. The largest absolute Gasteiger partial charge is 0.305 e. The normalized spacial score (nSPS) is 29.5. The summed E-state index contributed by atoms with van der Waals surface area (Å²) in [7, 11) is 0. The van der Waals surface area contributed by atoms with Gasteiger partial charge in [0.2, 0.25) is 0 Å². The summed E-state index contributed by atoms with van der Waals surface area (Å²) in [5.41, 5.74) is 1.87. The Kier molecular flexibility index (Phi) is 4.11. The average molecular weight is 286 g/mol. The monoisotopic (exact) mass is 286 g/mol. The smallest absolute Gasteiger partial charge is 0.0535 e. The second-order valence-corrected chi connectivity index (χ2v) is 7.31. The van der Waals surface area contributed by atoms with Gasteiger partial charge in [0, 0.05) is 25.2 Å². The molecule has 1 aliphatic heterocycles. The highest BCUT2D eigenvalue weighted by molar-refractivity contribution is 5.26. The molecule has 1 saturated heterocycles. The standard InChI is InChI=1S/C19H30N2/c1-4-19(5-2)14-20-18(3,17-9-7-6-8-10-17)15-21(19)13-16-11-12-16/h6-10,16,20H,4-5,11-15H2,1-3H3. The van der Waals surface area contributed by atoms with Crippen LogP contribution in [0.3, 0.4) is 0 Å². The fourth-order valence-electron chi connectivity index (χ4n) is 3.89. The summed E-state index contributed by atoms with van der Waals surface area (Å²) in [6.07, 6.45) is 5.37. The third-order valence-electron chi connectivity index (χ3n) is 5.89. The Balaban J connectivity index is 1.84. The fraction of sp³-hybridized carbons (Fsp3) is 0.684. The zero-order valence-electron chi connectivity index (χ0n) is 13.9. The van der Waals surface area contributed by atoms with Crippen LogP contribution in [-0.2, 0) is 5.54 Å². The Morgan fingerprint density at radius 1 is 1.14 bits per heavy atom. The predicted octanol–water partition coefficient (Wildman–Crippen LogP) is 3.78. The third-order valence-corrected chi connectivity index (χ3v) is 5.89. The number of hydrogen-bond acceptors (Lipinski definition) is 2. The molecule has 21 heavy (non-hydrogen) atoms. The lowest BCUT2D eigenvalue weighted by molar-refractivity contribution is -0.00129. The second-order valence-electron chi connectivity index (χ2n) is 7.31. The van der Waals surface area contributed by atoms with E-state index < -0.39 is 0 Å². The van der Waals surface area contributed by atoms with Gasteiger partial charge in [-0.25, -0.2) is 0 Å². The minimum Gasteiger partial charge on any atom is -0.305 e. The van der Waals surface area contributed by atoms with Crippen molar-refractivity contribution in [2.24, 2.45) is 5.92 Å². The van der Waals surface area contributed by atoms with E-state index in [9.17, 15) is 0 Å². The van der Waals surface area contributed by atoms with Crippen LogP contribution >= 0.6 is 0 Å². The quantitative estimate of drug-likeness (QED) is 0.886. The van der Waals surface area contributed by atoms with Crippen LogP contribution in [0.25, 0.3) is 0 Å². The Morgan fingerprint density at radius 3 is 2.38 bits per heavy atom. The number of rotatable bonds is 5. The molecule has 1 saturated carbocycles. The molecule has 1 heterocycles. The Hall–Kier alpha value is -0.860. The van der Waals surface area contributed by atoms with Gasteiger partial charge in [-0.05, 0) is 44.1 Å². The van der Waals surface area contributed by atoms with E-state index in [-0.39, 0.29) is 5.54 Å². The lowest BCUT2D eigenvalue weighted by Gasteiger charge is -2.54. The van der Waals surface area contributed by atoms with Gasteiger partial charge in [0.25, 0.3) is 0 Å². The van der Waals surface area contributed by atoms with Gasteiger partial charge in [0.15, 0.2) is 0 Å². The summed E-state index contributed by atoms with van der Waals surface area (Å²) < 4.78 is 0. The highest BCUT2D eigenvalue weighted by atomic mass is 15.3. The van der Waals surface area contributed by atoms with Crippen LogP contribution in [-0.4, -0.2) is 30.1 Å². The van der Waals surface area contributed by atoms with Gasteiger partial charge < -0.3 is 5.32 Å². The molecule has 0 bridgehead atoms. The molecule has 2 fully saturated rings. The third kappa shape index (κ3) is 2.89. The van der Waals surface area contributed by atoms with Gasteiger partial charge in [0.05, 0.1) is 5.54 Å². The van der Waals surface area contributed by atoms with E-state index in [2.05, 4.69) is 61.3 Å². The Bertz CT molecular complexity index is 462. The number of nitrogens with zero attached hydrogens (tertiary/aromatic N) is 1. The molecule has 1 aliphatic carbocycles. The van der Waals surface area contributed by atoms with E-state index in [4.69, 9.17) is 0 Å². The zero-order chi connectivity index (χ0) is 14.9. The van der Waals surface area contributed by atoms with Crippen molar-refractivity contribution in [3.63, 3.8) is 0 Å². The summed E-state index contributed by atoms with van der Waals surface area (Å²) in [4.78, 5) is 2.81. The molecule has 1 unspecified atom stereocenters. The molecule has 0 radical (unpaired) electrons. The van der Waals surface area contributed by atoms with Gasteiger partial charge in [-0.2, -0.15) is 0 Å². The van der Waals surface area contributed by atoms with Crippen LogP contribution in [0.15, 0.2) is 30.3 Å². The van der Waals surface area contributed by atoms with Crippen molar-refractivity contribution in [1.82, 2.24) is 10.2 Å². The minimum absolute atomic E-state index is 0.0873. The van der Waals surface area contributed by atoms with Gasteiger partial charge in [-0.3, -0.25) is 4.90 Å². The maximum Gasteiger partial charge on any atom is 0.0535 e. The second kappa shape index (κ2) is 5.73. The maximum absolute atomic E-state index is 3.89. The van der Waals surface area contributed by atoms with Gasteiger partial charge in [-0.1, -0.05) is 44.2 Å². The van der Waals surface area contributed by atoms with Crippen molar-refractivity contribution in [3.05, 3.63) is 35.9 Å². The van der Waals surface area contributed by atoms with Gasteiger partial charge >= 0.3 is 0 Å². The molecule has 0 amide bonds. The Labute approximate surface area is 129 Å². The molecule has 1 N–H and O–H groups in total. The molecule has 0 spiro atoms. The van der Waals surface area contributed by atoms with Crippen molar-refractivity contribution >= 4 is 0 Å². The number of hydrogen-bond donors (Lipinski definition) is 1. The van der Waals surface area contributed by atoms with Crippen molar-refractivity contribution in [3.8, 4) is 0 Å². The lowest BCUT2D eigenvalue weighted by Crippen LogP contribution is -2.67. The van der Waals surface area contributed by atoms with Gasteiger partial charge in [0.1, 0.15) is 0 Å². The van der Waals surface area contributed by atoms with Crippen molar-refractivity contribution in [1.29, 1.82) is 0 Å². The molecular formula is C19H30N2. The van der Waals surface area contributed by atoms with E-state index >= 15 is 0 Å². The summed E-state index contributed by atoms with van der Waals surface area (Å²) in [6.45, 7) is 10.6. The molecule has 3 rings (SSSR count). The molecule has 2 aliphatic rings. The number of piperazine rings is 1. The molecular weight excluding hydrogens is 256 g/mol. The molecule has 116 valence electrons. The first-order valence-electron chi connectivity index (χ1n) is 8.67. The Morgan fingerprint density at radius 2 is 1.81 bits per heavy atom. The first kappa shape index (κ1) is 15.1. The first-order valence-corrected chi connectivity index (χ1v) is 8.67. The highest BCUT2D eigenvalue weighted by Crippen LogP contribution is 2.38. The molecule has 2 nitrogen and oxygen atoms in total. The average Bonchev–Trinajstić information content (AvgIpc) is 3.33. The molecule has 0 aromatic heterocycles. The highest BCUT2D eigenvalue weighted by Gasteiger charge is 2.45. The van der Waals surface area contributed by atoms with Crippen molar-refractivity contribution in [2.45, 2.75) is 57.5 Å². The first-order chi connectivity index (χ1) is 10.1. The molecule has 1 atom stereocenters. The van der Waals surface area contributed by atoms with Gasteiger partial charge in [-0.15, -0.1) is 0 Å². The van der Waals surface area contributed by atoms with E-state index in [0.717, 1.165) is 19.0 Å². The zero-order valence-corrected chi connectivity index (χ0v) is 13.9.